The van der Waals surface area contributed by atoms with Gasteiger partial charge in [0.25, 0.3) is 0 Å². The smallest absolute Gasteiger partial charge is 0.166 e. The summed E-state index contributed by atoms with van der Waals surface area (Å²) in [5, 5.41) is 6.61. The Bertz CT molecular complexity index is 110. The molecule has 0 unspecified atom stereocenters. The van der Waals surface area contributed by atoms with Crippen molar-refractivity contribution in [1.82, 2.24) is 10.6 Å². The second kappa shape index (κ2) is 8.70. The molecule has 4 nitrogen and oxygen atoms in total. The molecule has 0 aliphatic rings. The highest BCUT2D eigenvalue weighted by molar-refractivity contribution is 7.80. The van der Waals surface area contributed by atoms with Crippen molar-refractivity contribution in [2.45, 2.75) is 0 Å². The SMILES string of the molecule is COCCNC(=S)NCCOC. The number of nitrogens with one attached hydrogen (secondary N) is 2. The molecule has 0 saturated carbocycles. The number of methoxy groups -OCH3 is 2. The largest absolute Gasteiger partial charge is 0.383 e. The van der Waals surface area contributed by atoms with Crippen LogP contribution in [0.15, 0.2) is 0 Å². The van der Waals surface area contributed by atoms with Crippen LogP contribution in [0.2, 0.25) is 0 Å². The fourth-order valence-electron chi connectivity index (χ4n) is 0.596. The van der Waals surface area contributed by atoms with Gasteiger partial charge in [-0.1, -0.05) is 0 Å². The molecular weight excluding hydrogens is 176 g/mol. The summed E-state index contributed by atoms with van der Waals surface area (Å²) in [5.41, 5.74) is 0. The van der Waals surface area contributed by atoms with E-state index in [4.69, 9.17) is 21.7 Å². The lowest BCUT2D eigenvalue weighted by molar-refractivity contribution is 0.201. The summed E-state index contributed by atoms with van der Waals surface area (Å²) in [4.78, 5) is 0. The van der Waals surface area contributed by atoms with Gasteiger partial charge >= 0.3 is 0 Å². The van der Waals surface area contributed by atoms with Crippen LogP contribution >= 0.6 is 12.2 Å². The molecule has 0 saturated heterocycles. The highest BCUT2D eigenvalue weighted by Gasteiger charge is 1.91. The summed E-state index contributed by atoms with van der Waals surface area (Å²) in [6.45, 7) is 2.78. The van der Waals surface area contributed by atoms with Crippen LogP contribution in [0, 0.1) is 0 Å². The molecule has 0 aromatic heterocycles. The van der Waals surface area contributed by atoms with Gasteiger partial charge in [0.2, 0.25) is 0 Å². The standard InChI is InChI=1S/C7H16N2O2S/c1-10-5-3-8-7(12)9-4-6-11-2/h3-6H2,1-2H3,(H2,8,9,12). The van der Waals surface area contributed by atoms with E-state index in [-0.39, 0.29) is 0 Å². The Hall–Kier alpha value is -0.390. The zero-order valence-corrected chi connectivity index (χ0v) is 8.37. The summed E-state index contributed by atoms with van der Waals surface area (Å²) in [6.07, 6.45) is 0. The second-order valence-electron chi connectivity index (χ2n) is 2.17. The maximum Gasteiger partial charge on any atom is 0.166 e. The average molecular weight is 192 g/mol. The van der Waals surface area contributed by atoms with Crippen molar-refractivity contribution >= 4 is 17.3 Å². The van der Waals surface area contributed by atoms with Gasteiger partial charge in [0.05, 0.1) is 13.2 Å². The van der Waals surface area contributed by atoms with Crippen LogP contribution in [-0.4, -0.2) is 45.6 Å². The van der Waals surface area contributed by atoms with E-state index in [1.54, 1.807) is 14.2 Å². The van der Waals surface area contributed by atoms with Crippen LogP contribution in [-0.2, 0) is 9.47 Å². The van der Waals surface area contributed by atoms with Crippen LogP contribution < -0.4 is 10.6 Å². The number of thiocarbonyl (C=S) groups is 1. The number of ether oxygens (including phenoxy) is 2. The van der Waals surface area contributed by atoms with Gasteiger partial charge in [-0.05, 0) is 12.2 Å². The molecule has 0 aliphatic heterocycles. The quantitative estimate of drug-likeness (QED) is 0.448. The Morgan fingerprint density at radius 3 is 1.83 bits per heavy atom. The van der Waals surface area contributed by atoms with E-state index in [0.717, 1.165) is 13.1 Å². The van der Waals surface area contributed by atoms with Crippen LogP contribution in [0.25, 0.3) is 0 Å². The van der Waals surface area contributed by atoms with Gasteiger partial charge in [-0.3, -0.25) is 0 Å². The maximum atomic E-state index is 4.95. The van der Waals surface area contributed by atoms with E-state index in [1.165, 1.54) is 0 Å². The number of hydrogen-bond acceptors (Lipinski definition) is 3. The third kappa shape index (κ3) is 7.71. The Morgan fingerprint density at radius 1 is 1.08 bits per heavy atom. The van der Waals surface area contributed by atoms with Crippen molar-refractivity contribution in [1.29, 1.82) is 0 Å². The fraction of sp³-hybridized carbons (Fsp3) is 0.857. The van der Waals surface area contributed by atoms with Crippen molar-refractivity contribution in [2.75, 3.05) is 40.5 Å². The van der Waals surface area contributed by atoms with Crippen LogP contribution in [0.3, 0.4) is 0 Å². The van der Waals surface area contributed by atoms with E-state index in [2.05, 4.69) is 10.6 Å². The van der Waals surface area contributed by atoms with Gasteiger partial charge in [0, 0.05) is 27.3 Å². The molecule has 72 valence electrons. The molecule has 0 aliphatic carbocycles. The molecule has 0 aromatic carbocycles. The summed E-state index contributed by atoms with van der Waals surface area (Å²) < 4.78 is 9.69. The average Bonchev–Trinajstić information content (AvgIpc) is 2.06. The highest BCUT2D eigenvalue weighted by atomic mass is 32.1. The van der Waals surface area contributed by atoms with Crippen molar-refractivity contribution in [3.63, 3.8) is 0 Å². The van der Waals surface area contributed by atoms with Gasteiger partial charge in [0.1, 0.15) is 0 Å². The molecule has 0 amide bonds. The predicted octanol–water partition coefficient (Wildman–Crippen LogP) is -0.257. The van der Waals surface area contributed by atoms with E-state index in [1.807, 2.05) is 0 Å². The molecule has 0 spiro atoms. The number of rotatable bonds is 6. The Kier molecular flexibility index (Phi) is 8.42. The first-order valence-corrected chi connectivity index (χ1v) is 4.21. The van der Waals surface area contributed by atoms with Crippen molar-refractivity contribution < 1.29 is 9.47 Å². The van der Waals surface area contributed by atoms with Gasteiger partial charge in [0.15, 0.2) is 5.11 Å². The molecule has 5 heteroatoms. The molecule has 0 aromatic rings. The lowest BCUT2D eigenvalue weighted by Gasteiger charge is -2.08. The summed E-state index contributed by atoms with van der Waals surface area (Å²) in [5.74, 6) is 0. The number of hydrogen-bond donors (Lipinski definition) is 2. The summed E-state index contributed by atoms with van der Waals surface area (Å²) in [7, 11) is 3.31. The van der Waals surface area contributed by atoms with E-state index < -0.39 is 0 Å². The van der Waals surface area contributed by atoms with E-state index in [9.17, 15) is 0 Å². The molecule has 0 bridgehead atoms. The fourth-order valence-corrected chi connectivity index (χ4v) is 0.800. The van der Waals surface area contributed by atoms with Crippen molar-refractivity contribution in [3.05, 3.63) is 0 Å². The molecular formula is C7H16N2O2S. The van der Waals surface area contributed by atoms with Crippen LogP contribution in [0.5, 0.6) is 0 Å². The van der Waals surface area contributed by atoms with Gasteiger partial charge in [-0.15, -0.1) is 0 Å². The van der Waals surface area contributed by atoms with Crippen molar-refractivity contribution in [3.8, 4) is 0 Å². The first-order valence-electron chi connectivity index (χ1n) is 3.81. The Balaban J connectivity index is 3.10. The van der Waals surface area contributed by atoms with Crippen molar-refractivity contribution in [2.24, 2.45) is 0 Å². The first kappa shape index (κ1) is 11.6. The monoisotopic (exact) mass is 192 g/mol. The van der Waals surface area contributed by atoms with E-state index in [0.29, 0.717) is 18.3 Å². The van der Waals surface area contributed by atoms with E-state index >= 15 is 0 Å². The maximum absolute atomic E-state index is 4.95. The molecule has 0 heterocycles. The second-order valence-corrected chi connectivity index (χ2v) is 2.58. The summed E-state index contributed by atoms with van der Waals surface area (Å²) in [6, 6.07) is 0. The molecule has 0 rings (SSSR count). The topological polar surface area (TPSA) is 42.5 Å². The summed E-state index contributed by atoms with van der Waals surface area (Å²) >= 11 is 4.95. The third-order valence-electron chi connectivity index (χ3n) is 1.18. The zero-order chi connectivity index (χ0) is 9.23. The van der Waals surface area contributed by atoms with Gasteiger partial charge in [-0.25, -0.2) is 0 Å². The lowest BCUT2D eigenvalue weighted by Crippen LogP contribution is -2.38. The third-order valence-corrected chi connectivity index (χ3v) is 1.47. The Labute approximate surface area is 78.6 Å². The highest BCUT2D eigenvalue weighted by Crippen LogP contribution is 1.69. The van der Waals surface area contributed by atoms with Gasteiger partial charge < -0.3 is 20.1 Å². The van der Waals surface area contributed by atoms with Crippen LogP contribution in [0.4, 0.5) is 0 Å². The Morgan fingerprint density at radius 2 is 1.50 bits per heavy atom. The molecule has 12 heavy (non-hydrogen) atoms. The minimum absolute atomic E-state index is 0.643. The molecule has 2 N–H and O–H groups in total. The minimum Gasteiger partial charge on any atom is -0.383 e. The molecule has 0 atom stereocenters. The van der Waals surface area contributed by atoms with Gasteiger partial charge in [-0.2, -0.15) is 0 Å². The van der Waals surface area contributed by atoms with Crippen LogP contribution in [0.1, 0.15) is 0 Å². The molecule has 0 radical (unpaired) electrons. The lowest BCUT2D eigenvalue weighted by atomic mass is 10.6. The molecule has 0 fully saturated rings. The minimum atomic E-state index is 0.643. The first-order chi connectivity index (χ1) is 5.81. The zero-order valence-electron chi connectivity index (χ0n) is 7.55. The predicted molar refractivity (Wildman–Crippen MR) is 52.4 cm³/mol. The normalized spacial score (nSPS) is 9.50.